The molecule has 0 radical (unpaired) electrons. The molecule has 1 aliphatic heterocycles. The van der Waals surface area contributed by atoms with Gasteiger partial charge in [-0.05, 0) is 42.0 Å². The van der Waals surface area contributed by atoms with E-state index in [1.54, 1.807) is 0 Å². The number of carbonyl (C=O) groups is 1. The number of fused-ring (bicyclic) bond motifs is 1. The molecule has 118 valence electrons. The van der Waals surface area contributed by atoms with Crippen LogP contribution in [0.1, 0.15) is 25.3 Å². The van der Waals surface area contributed by atoms with Crippen molar-refractivity contribution in [1.29, 1.82) is 0 Å². The van der Waals surface area contributed by atoms with Crippen molar-refractivity contribution in [1.82, 2.24) is 9.88 Å². The summed E-state index contributed by atoms with van der Waals surface area (Å²) in [6.07, 6.45) is 4.47. The molecular formula is C18H24N2O2. The fraction of sp³-hybridized carbons (Fsp3) is 0.500. The SMILES string of the molecule is CCCC(=O)N1CCOC[C@@H](Cc2ccc3[nH]ccc3c2)C1. The third kappa shape index (κ3) is 3.50. The number of H-pyrrole nitrogens is 1. The van der Waals surface area contributed by atoms with Gasteiger partial charge in [-0.2, -0.15) is 0 Å². The van der Waals surface area contributed by atoms with E-state index in [2.05, 4.69) is 36.2 Å². The Hall–Kier alpha value is -1.81. The Morgan fingerprint density at radius 2 is 2.32 bits per heavy atom. The van der Waals surface area contributed by atoms with Crippen molar-refractivity contribution >= 4 is 16.8 Å². The number of aromatic amines is 1. The lowest BCUT2D eigenvalue weighted by Gasteiger charge is -2.23. The van der Waals surface area contributed by atoms with Crippen LogP contribution < -0.4 is 0 Å². The van der Waals surface area contributed by atoms with Crippen molar-refractivity contribution in [3.8, 4) is 0 Å². The van der Waals surface area contributed by atoms with Gasteiger partial charge in [0.2, 0.25) is 5.91 Å². The third-order valence-corrected chi connectivity index (χ3v) is 4.30. The molecule has 2 aromatic rings. The van der Waals surface area contributed by atoms with E-state index in [0.717, 1.165) is 32.5 Å². The highest BCUT2D eigenvalue weighted by Gasteiger charge is 2.22. The van der Waals surface area contributed by atoms with Crippen LogP contribution in [0.5, 0.6) is 0 Å². The fourth-order valence-electron chi connectivity index (χ4n) is 3.17. The molecule has 1 N–H and O–H groups in total. The second kappa shape index (κ2) is 6.97. The Morgan fingerprint density at radius 1 is 1.41 bits per heavy atom. The number of benzene rings is 1. The Kier molecular flexibility index (Phi) is 4.78. The molecular weight excluding hydrogens is 276 g/mol. The minimum Gasteiger partial charge on any atom is -0.379 e. The van der Waals surface area contributed by atoms with Gasteiger partial charge in [-0.3, -0.25) is 4.79 Å². The molecule has 0 aliphatic carbocycles. The largest absolute Gasteiger partial charge is 0.379 e. The van der Waals surface area contributed by atoms with Gasteiger partial charge in [-0.15, -0.1) is 0 Å². The minimum atomic E-state index is 0.263. The summed E-state index contributed by atoms with van der Waals surface area (Å²) in [5.41, 5.74) is 2.48. The maximum atomic E-state index is 12.2. The Morgan fingerprint density at radius 3 is 3.18 bits per heavy atom. The van der Waals surface area contributed by atoms with Crippen LogP contribution >= 0.6 is 0 Å². The molecule has 1 amide bonds. The molecule has 3 rings (SSSR count). The summed E-state index contributed by atoms with van der Waals surface area (Å²) in [4.78, 5) is 17.4. The van der Waals surface area contributed by atoms with Crippen LogP contribution in [0, 0.1) is 5.92 Å². The molecule has 1 aliphatic rings. The maximum absolute atomic E-state index is 12.2. The molecule has 0 unspecified atom stereocenters. The monoisotopic (exact) mass is 300 g/mol. The van der Waals surface area contributed by atoms with E-state index in [4.69, 9.17) is 4.74 Å². The first-order valence-electron chi connectivity index (χ1n) is 8.18. The average molecular weight is 300 g/mol. The van der Waals surface area contributed by atoms with E-state index in [-0.39, 0.29) is 5.91 Å². The zero-order valence-electron chi connectivity index (χ0n) is 13.2. The van der Waals surface area contributed by atoms with Gasteiger partial charge in [0.1, 0.15) is 0 Å². The number of hydrogen-bond donors (Lipinski definition) is 1. The third-order valence-electron chi connectivity index (χ3n) is 4.30. The number of hydrogen-bond acceptors (Lipinski definition) is 2. The molecule has 0 bridgehead atoms. The van der Waals surface area contributed by atoms with Gasteiger partial charge in [-0.25, -0.2) is 0 Å². The average Bonchev–Trinajstić information content (AvgIpc) is 2.85. The molecule has 1 atom stereocenters. The summed E-state index contributed by atoms with van der Waals surface area (Å²) in [6, 6.07) is 8.62. The second-order valence-corrected chi connectivity index (χ2v) is 6.13. The van der Waals surface area contributed by atoms with E-state index in [9.17, 15) is 4.79 Å². The summed E-state index contributed by atoms with van der Waals surface area (Å²) in [7, 11) is 0. The molecule has 0 saturated carbocycles. The van der Waals surface area contributed by atoms with Gasteiger partial charge in [0.25, 0.3) is 0 Å². The lowest BCUT2D eigenvalue weighted by Crippen LogP contribution is -2.36. The number of rotatable bonds is 4. The van der Waals surface area contributed by atoms with Crippen LogP contribution in [-0.2, 0) is 16.0 Å². The van der Waals surface area contributed by atoms with Crippen molar-refractivity contribution in [3.63, 3.8) is 0 Å². The first-order chi connectivity index (χ1) is 10.8. The van der Waals surface area contributed by atoms with Crippen molar-refractivity contribution in [2.45, 2.75) is 26.2 Å². The van der Waals surface area contributed by atoms with Crippen molar-refractivity contribution in [3.05, 3.63) is 36.0 Å². The Balaban J connectivity index is 1.68. The normalized spacial score (nSPS) is 19.3. The van der Waals surface area contributed by atoms with Crippen LogP contribution in [-0.4, -0.2) is 42.1 Å². The number of nitrogens with one attached hydrogen (secondary N) is 1. The van der Waals surface area contributed by atoms with E-state index in [1.807, 2.05) is 11.1 Å². The first kappa shape index (κ1) is 15.1. The number of carbonyl (C=O) groups excluding carboxylic acids is 1. The van der Waals surface area contributed by atoms with Gasteiger partial charge in [0.15, 0.2) is 0 Å². The Labute approximate surface area is 131 Å². The van der Waals surface area contributed by atoms with E-state index in [1.165, 1.54) is 16.5 Å². The van der Waals surface area contributed by atoms with E-state index >= 15 is 0 Å². The number of ether oxygens (including phenoxy) is 1. The highest BCUT2D eigenvalue weighted by Crippen LogP contribution is 2.19. The van der Waals surface area contributed by atoms with Gasteiger partial charge in [0, 0.05) is 37.1 Å². The molecule has 1 aromatic heterocycles. The molecule has 0 spiro atoms. The highest BCUT2D eigenvalue weighted by molar-refractivity contribution is 5.80. The predicted octanol–water partition coefficient (Wildman–Crippen LogP) is 2.99. The van der Waals surface area contributed by atoms with Crippen molar-refractivity contribution < 1.29 is 9.53 Å². The zero-order chi connectivity index (χ0) is 15.4. The molecule has 1 fully saturated rings. The van der Waals surface area contributed by atoms with E-state index < -0.39 is 0 Å². The lowest BCUT2D eigenvalue weighted by molar-refractivity contribution is -0.131. The molecule has 4 heteroatoms. The second-order valence-electron chi connectivity index (χ2n) is 6.13. The summed E-state index contributed by atoms with van der Waals surface area (Å²) in [6.45, 7) is 4.98. The summed E-state index contributed by atoms with van der Waals surface area (Å²) in [5, 5.41) is 1.24. The smallest absolute Gasteiger partial charge is 0.222 e. The zero-order valence-corrected chi connectivity index (χ0v) is 13.2. The summed E-state index contributed by atoms with van der Waals surface area (Å²) in [5.74, 6) is 0.638. The van der Waals surface area contributed by atoms with Crippen LogP contribution in [0.2, 0.25) is 0 Å². The Bertz CT molecular complexity index is 635. The van der Waals surface area contributed by atoms with Crippen LogP contribution in [0.3, 0.4) is 0 Å². The first-order valence-corrected chi connectivity index (χ1v) is 8.18. The van der Waals surface area contributed by atoms with Gasteiger partial charge < -0.3 is 14.6 Å². The van der Waals surface area contributed by atoms with Gasteiger partial charge in [0.05, 0.1) is 13.2 Å². The van der Waals surface area contributed by atoms with Crippen molar-refractivity contribution in [2.75, 3.05) is 26.3 Å². The van der Waals surface area contributed by atoms with Crippen LogP contribution in [0.4, 0.5) is 0 Å². The number of nitrogens with zero attached hydrogens (tertiary/aromatic N) is 1. The molecule has 2 heterocycles. The standard InChI is InChI=1S/C18H24N2O2/c1-2-3-18(21)20-8-9-22-13-15(12-20)10-14-4-5-17-16(11-14)6-7-19-17/h4-7,11,15,19H,2-3,8-10,12-13H2,1H3/t15-/m0/s1. The molecule has 4 nitrogen and oxygen atoms in total. The van der Waals surface area contributed by atoms with Crippen molar-refractivity contribution in [2.24, 2.45) is 5.92 Å². The molecule has 1 aromatic carbocycles. The maximum Gasteiger partial charge on any atom is 0.222 e. The predicted molar refractivity (Wildman–Crippen MR) is 87.8 cm³/mol. The van der Waals surface area contributed by atoms with Crippen LogP contribution in [0.15, 0.2) is 30.5 Å². The van der Waals surface area contributed by atoms with Gasteiger partial charge in [-0.1, -0.05) is 13.0 Å². The highest BCUT2D eigenvalue weighted by atomic mass is 16.5. The summed E-state index contributed by atoms with van der Waals surface area (Å²) >= 11 is 0. The quantitative estimate of drug-likeness (QED) is 0.943. The number of aromatic nitrogens is 1. The molecule has 22 heavy (non-hydrogen) atoms. The minimum absolute atomic E-state index is 0.263. The number of amides is 1. The van der Waals surface area contributed by atoms with Gasteiger partial charge >= 0.3 is 0 Å². The molecule has 1 saturated heterocycles. The topological polar surface area (TPSA) is 45.3 Å². The summed E-state index contributed by atoms with van der Waals surface area (Å²) < 4.78 is 5.71. The van der Waals surface area contributed by atoms with Crippen LogP contribution in [0.25, 0.3) is 10.9 Å². The van der Waals surface area contributed by atoms with E-state index in [0.29, 0.717) is 18.9 Å². The lowest BCUT2D eigenvalue weighted by atomic mass is 9.98. The fourth-order valence-corrected chi connectivity index (χ4v) is 3.17.